The van der Waals surface area contributed by atoms with Crippen molar-refractivity contribution in [2.75, 3.05) is 20.8 Å². The Bertz CT molecular complexity index is 520. The lowest BCUT2D eigenvalue weighted by atomic mass is 10.1. The molecule has 0 radical (unpaired) electrons. The van der Waals surface area contributed by atoms with E-state index in [1.165, 1.54) is 65.2 Å². The van der Waals surface area contributed by atoms with Crippen molar-refractivity contribution in [1.82, 2.24) is 0 Å². The average Bonchev–Trinajstić information content (AvgIpc) is 3.09. The molecule has 0 bridgehead atoms. The Morgan fingerprint density at radius 1 is 1.04 bits per heavy atom. The molecule has 26 heavy (non-hydrogen) atoms. The molecule has 1 heterocycles. The topological polar surface area (TPSA) is 67.1 Å². The number of esters is 1. The van der Waals surface area contributed by atoms with E-state index in [4.69, 9.17) is 14.0 Å². The molecule has 1 rings (SSSR count). The summed E-state index contributed by atoms with van der Waals surface area (Å²) in [5.74, 6) is 0.428. The lowest BCUT2D eigenvalue weighted by Crippen LogP contribution is -2.07. The molecule has 0 atom stereocenters. The first kappa shape index (κ1) is 22.3. The highest BCUT2D eigenvalue weighted by atomic mass is 17.2. The summed E-state index contributed by atoms with van der Waals surface area (Å²) in [6.07, 6.45) is 11.6. The van der Waals surface area contributed by atoms with E-state index in [9.17, 15) is 4.79 Å². The number of hydrogen-bond acceptors (Lipinski definition) is 6. The predicted molar refractivity (Wildman–Crippen MR) is 99.1 cm³/mol. The van der Waals surface area contributed by atoms with Gasteiger partial charge in [0.15, 0.2) is 0 Å². The van der Waals surface area contributed by atoms with Crippen LogP contribution in [0.25, 0.3) is 6.08 Å². The van der Waals surface area contributed by atoms with Crippen molar-refractivity contribution in [2.24, 2.45) is 0 Å². The van der Waals surface area contributed by atoms with Gasteiger partial charge in [-0.25, -0.2) is 4.79 Å². The van der Waals surface area contributed by atoms with Crippen LogP contribution in [-0.4, -0.2) is 26.8 Å². The number of methoxy groups -OCH3 is 1. The maximum absolute atomic E-state index is 11.5. The van der Waals surface area contributed by atoms with E-state index in [-0.39, 0.29) is 5.76 Å². The standard InChI is InChI=1S/C20H32O6/c1-4-5-6-7-8-9-10-11-14-24-16-18-13-12-17(25-18)15-19(26-23-3)20(21)22-2/h12-13,15H,4-11,14,16H2,1-3H3/b19-15-. The van der Waals surface area contributed by atoms with Crippen molar-refractivity contribution in [1.29, 1.82) is 0 Å². The zero-order valence-corrected chi connectivity index (χ0v) is 16.3. The SMILES string of the molecule is CCCCCCCCCCOCc1ccc(/C=C(\OOC)C(=O)OC)o1. The van der Waals surface area contributed by atoms with E-state index in [1.54, 1.807) is 12.1 Å². The number of unbranched alkanes of at least 4 members (excludes halogenated alkanes) is 7. The van der Waals surface area contributed by atoms with Crippen LogP contribution in [0.5, 0.6) is 0 Å². The highest BCUT2D eigenvalue weighted by Crippen LogP contribution is 2.15. The van der Waals surface area contributed by atoms with Crippen molar-refractivity contribution >= 4 is 12.0 Å². The van der Waals surface area contributed by atoms with E-state index in [0.29, 0.717) is 18.1 Å². The summed E-state index contributed by atoms with van der Waals surface area (Å²) >= 11 is 0. The molecule has 0 saturated heterocycles. The third-order valence-electron chi connectivity index (χ3n) is 3.90. The van der Waals surface area contributed by atoms with E-state index in [1.807, 2.05) is 0 Å². The molecule has 1 aromatic rings. The number of hydrogen-bond donors (Lipinski definition) is 0. The van der Waals surface area contributed by atoms with Crippen molar-refractivity contribution < 1.29 is 28.5 Å². The molecule has 0 aliphatic rings. The van der Waals surface area contributed by atoms with Gasteiger partial charge in [0, 0.05) is 12.7 Å². The van der Waals surface area contributed by atoms with Crippen LogP contribution < -0.4 is 0 Å². The molecule has 6 nitrogen and oxygen atoms in total. The van der Waals surface area contributed by atoms with Gasteiger partial charge >= 0.3 is 5.97 Å². The van der Waals surface area contributed by atoms with Crippen molar-refractivity contribution in [3.63, 3.8) is 0 Å². The van der Waals surface area contributed by atoms with Crippen LogP contribution in [-0.2, 0) is 30.7 Å². The predicted octanol–water partition coefficient (Wildman–Crippen LogP) is 5.03. The zero-order chi connectivity index (χ0) is 19.0. The number of carbonyl (C=O) groups is 1. The van der Waals surface area contributed by atoms with Crippen molar-refractivity contribution in [2.45, 2.75) is 64.9 Å². The summed E-state index contributed by atoms with van der Waals surface area (Å²) in [4.78, 5) is 20.8. The van der Waals surface area contributed by atoms with Crippen molar-refractivity contribution in [3.8, 4) is 0 Å². The van der Waals surface area contributed by atoms with Gasteiger partial charge in [-0.2, -0.15) is 4.89 Å². The third-order valence-corrected chi connectivity index (χ3v) is 3.90. The van der Waals surface area contributed by atoms with Crippen LogP contribution in [0.2, 0.25) is 0 Å². The first-order valence-corrected chi connectivity index (χ1v) is 9.38. The van der Waals surface area contributed by atoms with Gasteiger partial charge in [0.2, 0.25) is 0 Å². The van der Waals surface area contributed by atoms with Gasteiger partial charge in [-0.1, -0.05) is 51.9 Å². The van der Waals surface area contributed by atoms with Gasteiger partial charge in [0.1, 0.15) is 18.1 Å². The maximum Gasteiger partial charge on any atom is 0.377 e. The van der Waals surface area contributed by atoms with Gasteiger partial charge in [-0.15, -0.1) is 0 Å². The number of furan rings is 1. The molecule has 0 saturated carbocycles. The lowest BCUT2D eigenvalue weighted by molar-refractivity contribution is -0.239. The summed E-state index contributed by atoms with van der Waals surface area (Å²) in [5.41, 5.74) is 0. The monoisotopic (exact) mass is 368 g/mol. The molecule has 0 aliphatic heterocycles. The molecule has 0 unspecified atom stereocenters. The molecule has 0 amide bonds. The normalized spacial score (nSPS) is 11.6. The second-order valence-corrected chi connectivity index (χ2v) is 6.08. The molecule has 0 fully saturated rings. The molecule has 0 aliphatic carbocycles. The van der Waals surface area contributed by atoms with Gasteiger partial charge in [0.05, 0.1) is 14.2 Å². The first-order valence-electron chi connectivity index (χ1n) is 9.38. The minimum Gasteiger partial charge on any atom is -0.463 e. The number of rotatable bonds is 15. The summed E-state index contributed by atoms with van der Waals surface area (Å²) in [7, 11) is 2.57. The Balaban J connectivity index is 2.22. The molecular weight excluding hydrogens is 336 g/mol. The van der Waals surface area contributed by atoms with Crippen LogP contribution in [0.4, 0.5) is 0 Å². The molecular formula is C20H32O6. The minimum absolute atomic E-state index is 0.0873. The first-order chi connectivity index (χ1) is 12.7. The Hall–Kier alpha value is -1.79. The van der Waals surface area contributed by atoms with Crippen LogP contribution in [0.3, 0.4) is 0 Å². The maximum atomic E-state index is 11.5. The highest BCUT2D eigenvalue weighted by Gasteiger charge is 2.14. The summed E-state index contributed by atoms with van der Waals surface area (Å²) in [5, 5.41) is 0. The van der Waals surface area contributed by atoms with Crippen LogP contribution in [0.15, 0.2) is 22.3 Å². The minimum atomic E-state index is -0.643. The van der Waals surface area contributed by atoms with Gasteiger partial charge < -0.3 is 18.8 Å². The fourth-order valence-electron chi connectivity index (χ4n) is 2.50. The van der Waals surface area contributed by atoms with Gasteiger partial charge in [-0.05, 0) is 18.6 Å². The Kier molecular flexibility index (Phi) is 12.3. The lowest BCUT2D eigenvalue weighted by Gasteiger charge is -2.04. The Morgan fingerprint density at radius 2 is 1.73 bits per heavy atom. The van der Waals surface area contributed by atoms with Crippen molar-refractivity contribution in [3.05, 3.63) is 29.4 Å². The number of carbonyl (C=O) groups excluding carboxylic acids is 1. The van der Waals surface area contributed by atoms with Gasteiger partial charge in [-0.3, -0.25) is 0 Å². The molecule has 1 aromatic heterocycles. The van der Waals surface area contributed by atoms with E-state index in [2.05, 4.69) is 16.5 Å². The summed E-state index contributed by atoms with van der Waals surface area (Å²) in [6.45, 7) is 3.37. The van der Waals surface area contributed by atoms with Crippen LogP contribution in [0.1, 0.15) is 69.8 Å². The second kappa shape index (κ2) is 14.4. The summed E-state index contributed by atoms with van der Waals surface area (Å²) in [6, 6.07) is 3.54. The molecule has 148 valence electrons. The largest absolute Gasteiger partial charge is 0.463 e. The van der Waals surface area contributed by atoms with E-state index >= 15 is 0 Å². The highest BCUT2D eigenvalue weighted by molar-refractivity contribution is 5.90. The van der Waals surface area contributed by atoms with Crippen LogP contribution >= 0.6 is 0 Å². The Morgan fingerprint density at radius 3 is 2.38 bits per heavy atom. The number of ether oxygens (including phenoxy) is 2. The fraction of sp³-hybridized carbons (Fsp3) is 0.650. The average molecular weight is 368 g/mol. The van der Waals surface area contributed by atoms with E-state index in [0.717, 1.165) is 13.0 Å². The summed E-state index contributed by atoms with van der Waals surface area (Å²) < 4.78 is 15.8. The molecule has 0 spiro atoms. The van der Waals surface area contributed by atoms with Gasteiger partial charge in [0.25, 0.3) is 5.76 Å². The Labute approximate surface area is 156 Å². The fourth-order valence-corrected chi connectivity index (χ4v) is 2.50. The molecule has 0 aromatic carbocycles. The molecule has 6 heteroatoms. The van der Waals surface area contributed by atoms with Crippen LogP contribution in [0, 0.1) is 0 Å². The van der Waals surface area contributed by atoms with E-state index < -0.39 is 5.97 Å². The molecule has 0 N–H and O–H groups in total. The zero-order valence-electron chi connectivity index (χ0n) is 16.3. The smallest absolute Gasteiger partial charge is 0.377 e. The quantitative estimate of drug-likeness (QED) is 0.108. The third kappa shape index (κ3) is 9.63. The second-order valence-electron chi connectivity index (χ2n) is 6.08.